The van der Waals surface area contributed by atoms with Gasteiger partial charge in [-0.1, -0.05) is 31.0 Å². The van der Waals surface area contributed by atoms with Crippen molar-refractivity contribution in [3.05, 3.63) is 23.3 Å². The maximum absolute atomic E-state index is 12.6. The molecule has 1 aliphatic rings. The van der Waals surface area contributed by atoms with Gasteiger partial charge in [0.25, 0.3) is 0 Å². The molecule has 0 unspecified atom stereocenters. The van der Waals surface area contributed by atoms with Gasteiger partial charge in [0.2, 0.25) is 5.91 Å². The van der Waals surface area contributed by atoms with E-state index in [-0.39, 0.29) is 5.91 Å². The van der Waals surface area contributed by atoms with E-state index in [1.807, 2.05) is 18.9 Å². The predicted molar refractivity (Wildman–Crippen MR) is 103 cm³/mol. The summed E-state index contributed by atoms with van der Waals surface area (Å²) < 4.78 is 3.36. The zero-order chi connectivity index (χ0) is 17.4. The number of thiophene rings is 1. The van der Waals surface area contributed by atoms with Crippen molar-refractivity contribution >= 4 is 44.7 Å². The summed E-state index contributed by atoms with van der Waals surface area (Å²) in [5.41, 5.74) is 2.22. The van der Waals surface area contributed by atoms with Crippen LogP contribution in [0.5, 0.6) is 0 Å². The second-order valence-electron chi connectivity index (χ2n) is 6.67. The van der Waals surface area contributed by atoms with Gasteiger partial charge in [0.1, 0.15) is 10.9 Å². The third-order valence-corrected chi connectivity index (χ3v) is 6.91. The zero-order valence-electron chi connectivity index (χ0n) is 14.6. The molecule has 25 heavy (non-hydrogen) atoms. The molecule has 3 aromatic rings. The minimum absolute atomic E-state index is 0.186. The first-order valence-corrected chi connectivity index (χ1v) is 10.6. The Morgan fingerprint density at radius 1 is 1.32 bits per heavy atom. The van der Waals surface area contributed by atoms with Crippen molar-refractivity contribution < 1.29 is 4.79 Å². The molecule has 1 aliphatic carbocycles. The van der Waals surface area contributed by atoms with Gasteiger partial charge in [-0.3, -0.25) is 9.20 Å². The number of fused-ring (bicyclic) bond motifs is 3. The number of hydrogen-bond donors (Lipinski definition) is 0. The molecule has 0 aromatic carbocycles. The Bertz CT molecular complexity index is 910. The molecule has 0 aliphatic heterocycles. The van der Waals surface area contributed by atoms with Crippen molar-refractivity contribution in [3.63, 3.8) is 0 Å². The van der Waals surface area contributed by atoms with E-state index in [0.717, 1.165) is 29.2 Å². The normalized spacial score (nSPS) is 15.9. The quantitative estimate of drug-likeness (QED) is 0.644. The van der Waals surface area contributed by atoms with Crippen LogP contribution in [0.4, 0.5) is 0 Å². The summed E-state index contributed by atoms with van der Waals surface area (Å²) in [5, 5.41) is 11.6. The fourth-order valence-corrected chi connectivity index (χ4v) is 5.32. The van der Waals surface area contributed by atoms with Crippen LogP contribution in [0, 0.1) is 6.92 Å². The molecule has 0 radical (unpaired) electrons. The summed E-state index contributed by atoms with van der Waals surface area (Å²) in [6.07, 6.45) is 6.04. The monoisotopic (exact) mass is 374 g/mol. The molecule has 7 heteroatoms. The molecular weight excluding hydrogens is 352 g/mol. The Hall–Kier alpha value is -1.60. The highest BCUT2D eigenvalue weighted by Crippen LogP contribution is 2.31. The molecule has 0 spiro atoms. The molecule has 5 nitrogen and oxygen atoms in total. The summed E-state index contributed by atoms with van der Waals surface area (Å²) >= 11 is 3.21. The summed E-state index contributed by atoms with van der Waals surface area (Å²) in [4.78, 5) is 14.5. The predicted octanol–water partition coefficient (Wildman–Crippen LogP) is 4.14. The Labute approximate surface area is 155 Å². The molecule has 1 amide bonds. The molecule has 0 atom stereocenters. The van der Waals surface area contributed by atoms with E-state index in [1.165, 1.54) is 41.2 Å². The van der Waals surface area contributed by atoms with Crippen LogP contribution in [0.3, 0.4) is 0 Å². The molecule has 0 saturated heterocycles. The maximum atomic E-state index is 12.6. The van der Waals surface area contributed by atoms with E-state index in [1.54, 1.807) is 11.3 Å². The lowest BCUT2D eigenvalue weighted by molar-refractivity contribution is -0.129. The number of aromatic nitrogens is 3. The minimum Gasteiger partial charge on any atom is -0.342 e. The van der Waals surface area contributed by atoms with Crippen molar-refractivity contribution in [2.45, 2.75) is 50.1 Å². The average Bonchev–Trinajstić information content (AvgIpc) is 3.22. The molecule has 3 aromatic heterocycles. The van der Waals surface area contributed by atoms with Crippen LogP contribution in [-0.2, 0) is 4.79 Å². The van der Waals surface area contributed by atoms with Crippen LogP contribution in [0.1, 0.15) is 37.9 Å². The van der Waals surface area contributed by atoms with Gasteiger partial charge in [0.15, 0.2) is 0 Å². The summed E-state index contributed by atoms with van der Waals surface area (Å²) in [6, 6.07) is 4.67. The third-order valence-electron chi connectivity index (χ3n) is 5.10. The van der Waals surface area contributed by atoms with Crippen LogP contribution >= 0.6 is 23.1 Å². The van der Waals surface area contributed by atoms with Crippen molar-refractivity contribution in [1.82, 2.24) is 19.5 Å². The molecule has 0 bridgehead atoms. The third kappa shape index (κ3) is 3.15. The summed E-state index contributed by atoms with van der Waals surface area (Å²) in [5.74, 6) is 1.48. The molecule has 3 heterocycles. The van der Waals surface area contributed by atoms with Gasteiger partial charge in [-0.15, -0.1) is 21.5 Å². The van der Waals surface area contributed by atoms with Crippen LogP contribution in [0.25, 0.3) is 15.7 Å². The highest BCUT2D eigenvalue weighted by molar-refractivity contribution is 8.00. The van der Waals surface area contributed by atoms with Crippen LogP contribution in [0.2, 0.25) is 0 Å². The van der Waals surface area contributed by atoms with Crippen molar-refractivity contribution in [3.8, 4) is 0 Å². The number of hydrogen-bond acceptors (Lipinski definition) is 5. The van der Waals surface area contributed by atoms with Crippen LogP contribution in [-0.4, -0.2) is 44.2 Å². The van der Waals surface area contributed by atoms with Gasteiger partial charge in [-0.05, 0) is 37.3 Å². The Morgan fingerprint density at radius 2 is 2.12 bits per heavy atom. The lowest BCUT2D eigenvalue weighted by atomic mass is 9.94. The van der Waals surface area contributed by atoms with E-state index >= 15 is 0 Å². The first kappa shape index (κ1) is 16.8. The molecule has 132 valence electrons. The highest BCUT2D eigenvalue weighted by Gasteiger charge is 2.22. The Kier molecular flexibility index (Phi) is 4.69. The minimum atomic E-state index is 0.186. The molecule has 0 N–H and O–H groups in total. The second-order valence-corrected chi connectivity index (χ2v) is 8.58. The van der Waals surface area contributed by atoms with Gasteiger partial charge in [-0.2, -0.15) is 0 Å². The maximum Gasteiger partial charge on any atom is 0.232 e. The number of amides is 1. The lowest BCUT2D eigenvalue weighted by Crippen LogP contribution is -2.39. The topological polar surface area (TPSA) is 50.5 Å². The smallest absolute Gasteiger partial charge is 0.232 e. The molecule has 1 fully saturated rings. The number of carbonyl (C=O) groups excluding carboxylic acids is 1. The Morgan fingerprint density at radius 3 is 2.92 bits per heavy atom. The first-order valence-electron chi connectivity index (χ1n) is 8.75. The largest absolute Gasteiger partial charge is 0.342 e. The average molecular weight is 375 g/mol. The number of carbonyl (C=O) groups is 1. The van der Waals surface area contributed by atoms with Gasteiger partial charge in [0.05, 0.1) is 21.5 Å². The second kappa shape index (κ2) is 6.96. The lowest BCUT2D eigenvalue weighted by Gasteiger charge is -2.31. The molecular formula is C18H22N4OS2. The zero-order valence-corrected chi connectivity index (χ0v) is 16.2. The number of nitrogens with zero attached hydrogens (tertiary/aromatic N) is 4. The van der Waals surface area contributed by atoms with E-state index in [2.05, 4.69) is 32.1 Å². The standard InChI is InChI=1S/C18H22N4OS2/c1-12-19-20-18(15-10-16-14(22(12)15)8-9-24-16)25-11-17(23)21(2)13-6-4-3-5-7-13/h8-10,13H,3-7,11H2,1-2H3. The number of rotatable bonds is 4. The Balaban J connectivity index is 1.52. The van der Waals surface area contributed by atoms with Gasteiger partial charge in [0, 0.05) is 13.1 Å². The van der Waals surface area contributed by atoms with Crippen LogP contribution in [0.15, 0.2) is 22.5 Å². The van der Waals surface area contributed by atoms with Gasteiger partial charge in [-0.25, -0.2) is 0 Å². The van der Waals surface area contributed by atoms with Crippen molar-refractivity contribution in [2.24, 2.45) is 0 Å². The summed E-state index contributed by atoms with van der Waals surface area (Å²) in [7, 11) is 1.95. The van der Waals surface area contributed by atoms with E-state index in [4.69, 9.17) is 0 Å². The molecule has 4 rings (SSSR count). The fourth-order valence-electron chi connectivity index (χ4n) is 3.65. The van der Waals surface area contributed by atoms with Crippen molar-refractivity contribution in [2.75, 3.05) is 12.8 Å². The SMILES string of the molecule is Cc1nnc(SCC(=O)N(C)C2CCCCC2)c2cc3sccc3n12. The summed E-state index contributed by atoms with van der Waals surface area (Å²) in [6.45, 7) is 1.97. The van der Waals surface area contributed by atoms with E-state index < -0.39 is 0 Å². The first-order chi connectivity index (χ1) is 12.1. The molecule has 1 saturated carbocycles. The number of thioether (sulfide) groups is 1. The van der Waals surface area contributed by atoms with Crippen LogP contribution < -0.4 is 0 Å². The highest BCUT2D eigenvalue weighted by atomic mass is 32.2. The van der Waals surface area contributed by atoms with Gasteiger partial charge >= 0.3 is 0 Å². The van der Waals surface area contributed by atoms with E-state index in [9.17, 15) is 4.79 Å². The number of aryl methyl sites for hydroxylation is 1. The van der Waals surface area contributed by atoms with Gasteiger partial charge < -0.3 is 4.90 Å². The van der Waals surface area contributed by atoms with E-state index in [0.29, 0.717) is 11.8 Å². The van der Waals surface area contributed by atoms with Crippen molar-refractivity contribution in [1.29, 1.82) is 0 Å². The fraction of sp³-hybridized carbons (Fsp3) is 0.500.